The minimum absolute atomic E-state index is 0.404. The van der Waals surface area contributed by atoms with Crippen molar-refractivity contribution in [1.82, 2.24) is 10.3 Å². The molecule has 0 spiro atoms. The summed E-state index contributed by atoms with van der Waals surface area (Å²) in [4.78, 5) is 4.64. The van der Waals surface area contributed by atoms with Gasteiger partial charge in [0.2, 0.25) is 0 Å². The Bertz CT molecular complexity index is 574. The van der Waals surface area contributed by atoms with Crippen molar-refractivity contribution in [3.05, 3.63) is 65.0 Å². The van der Waals surface area contributed by atoms with Crippen LogP contribution in [0.3, 0.4) is 0 Å². The molecule has 1 aliphatic carbocycles. The summed E-state index contributed by atoms with van der Waals surface area (Å²) in [6, 6.07) is 13.7. The van der Waals surface area contributed by atoms with E-state index in [0.717, 1.165) is 0 Å². The van der Waals surface area contributed by atoms with E-state index in [1.54, 1.807) is 0 Å². The molecule has 0 fully saturated rings. The fraction of sp³-hybridized carbons (Fsp3) is 0.389. The number of aromatic nitrogens is 1. The van der Waals surface area contributed by atoms with Crippen LogP contribution in [0.1, 0.15) is 54.1 Å². The zero-order chi connectivity index (χ0) is 13.9. The van der Waals surface area contributed by atoms with Crippen molar-refractivity contribution in [2.45, 2.75) is 38.1 Å². The maximum atomic E-state index is 4.64. The van der Waals surface area contributed by atoms with Crippen LogP contribution in [-0.4, -0.2) is 12.0 Å². The van der Waals surface area contributed by atoms with E-state index in [0.29, 0.717) is 12.0 Å². The molecule has 0 aliphatic heterocycles. The number of benzene rings is 1. The minimum Gasteiger partial charge on any atom is -0.313 e. The topological polar surface area (TPSA) is 24.9 Å². The number of nitrogens with zero attached hydrogens (tertiary/aromatic N) is 1. The van der Waals surface area contributed by atoms with Crippen LogP contribution in [0.25, 0.3) is 0 Å². The number of aryl methyl sites for hydroxylation is 1. The van der Waals surface area contributed by atoms with Gasteiger partial charge in [-0.25, -0.2) is 0 Å². The van der Waals surface area contributed by atoms with E-state index in [1.165, 1.54) is 41.6 Å². The number of hydrogen-bond acceptors (Lipinski definition) is 2. The number of pyridine rings is 1. The molecular formula is C18H22N2. The summed E-state index contributed by atoms with van der Waals surface area (Å²) in [7, 11) is 2.00. The second-order valence-corrected chi connectivity index (χ2v) is 5.67. The maximum Gasteiger partial charge on any atom is 0.0510 e. The van der Waals surface area contributed by atoms with E-state index in [1.807, 2.05) is 13.2 Å². The second-order valence-electron chi connectivity index (χ2n) is 5.67. The van der Waals surface area contributed by atoms with Crippen LogP contribution in [0.4, 0.5) is 0 Å². The Kier molecular flexibility index (Phi) is 3.83. The summed E-state index contributed by atoms with van der Waals surface area (Å²) in [6.45, 7) is 2.19. The average molecular weight is 266 g/mol. The first kappa shape index (κ1) is 13.3. The highest BCUT2D eigenvalue weighted by atomic mass is 14.8. The standard InChI is InChI=1S/C18H22N2/c1-13(19-2)14-8-10-15(11-9-14)17-7-3-5-16-6-4-12-20-18(16)17/h4,6,8-13,17,19H,3,5,7H2,1-2H3. The molecule has 20 heavy (non-hydrogen) atoms. The zero-order valence-electron chi connectivity index (χ0n) is 12.3. The maximum absolute atomic E-state index is 4.64. The van der Waals surface area contributed by atoms with Crippen molar-refractivity contribution < 1.29 is 0 Å². The van der Waals surface area contributed by atoms with Crippen molar-refractivity contribution in [3.63, 3.8) is 0 Å². The fourth-order valence-electron chi connectivity index (χ4n) is 3.12. The van der Waals surface area contributed by atoms with E-state index in [4.69, 9.17) is 0 Å². The molecule has 104 valence electrons. The van der Waals surface area contributed by atoms with Gasteiger partial charge in [-0.2, -0.15) is 0 Å². The SMILES string of the molecule is CNC(C)c1ccc(C2CCCc3cccnc32)cc1. The van der Waals surface area contributed by atoms with Gasteiger partial charge in [-0.1, -0.05) is 30.3 Å². The summed E-state index contributed by atoms with van der Waals surface area (Å²) in [5.41, 5.74) is 5.45. The summed E-state index contributed by atoms with van der Waals surface area (Å²) < 4.78 is 0. The molecular weight excluding hydrogens is 244 g/mol. The van der Waals surface area contributed by atoms with Crippen LogP contribution >= 0.6 is 0 Å². The molecule has 0 amide bonds. The fourth-order valence-corrected chi connectivity index (χ4v) is 3.12. The van der Waals surface area contributed by atoms with Crippen LogP contribution in [0.2, 0.25) is 0 Å². The van der Waals surface area contributed by atoms with Crippen LogP contribution < -0.4 is 5.32 Å². The minimum atomic E-state index is 0.404. The van der Waals surface area contributed by atoms with Gasteiger partial charge in [-0.15, -0.1) is 0 Å². The van der Waals surface area contributed by atoms with Gasteiger partial charge in [-0.3, -0.25) is 4.98 Å². The average Bonchev–Trinajstić information content (AvgIpc) is 2.54. The molecule has 0 radical (unpaired) electrons. The predicted octanol–water partition coefficient (Wildman–Crippen LogP) is 3.83. The molecule has 1 N–H and O–H groups in total. The summed E-state index contributed by atoms with van der Waals surface area (Å²) in [6.07, 6.45) is 5.58. The highest BCUT2D eigenvalue weighted by Gasteiger charge is 2.22. The van der Waals surface area contributed by atoms with E-state index < -0.39 is 0 Å². The Morgan fingerprint density at radius 3 is 2.75 bits per heavy atom. The molecule has 0 saturated heterocycles. The molecule has 1 heterocycles. The molecule has 2 atom stereocenters. The third-order valence-corrected chi connectivity index (χ3v) is 4.47. The lowest BCUT2D eigenvalue weighted by Gasteiger charge is -2.25. The van der Waals surface area contributed by atoms with Gasteiger partial charge >= 0.3 is 0 Å². The third-order valence-electron chi connectivity index (χ3n) is 4.47. The number of hydrogen-bond donors (Lipinski definition) is 1. The molecule has 1 aliphatic rings. The van der Waals surface area contributed by atoms with E-state index in [-0.39, 0.29) is 0 Å². The molecule has 3 rings (SSSR count). The first-order valence-electron chi connectivity index (χ1n) is 7.50. The third kappa shape index (κ3) is 2.48. The van der Waals surface area contributed by atoms with Crippen LogP contribution in [0, 0.1) is 0 Å². The Labute approximate surface area is 121 Å². The molecule has 2 unspecified atom stereocenters. The van der Waals surface area contributed by atoms with E-state index in [9.17, 15) is 0 Å². The number of nitrogens with one attached hydrogen (secondary N) is 1. The predicted molar refractivity (Wildman–Crippen MR) is 82.9 cm³/mol. The molecule has 2 aromatic rings. The van der Waals surface area contributed by atoms with Crippen LogP contribution in [0.15, 0.2) is 42.6 Å². The summed E-state index contributed by atoms with van der Waals surface area (Å²) >= 11 is 0. The molecule has 2 heteroatoms. The van der Waals surface area contributed by atoms with Gasteiger partial charge < -0.3 is 5.32 Å². The van der Waals surface area contributed by atoms with E-state index >= 15 is 0 Å². The van der Waals surface area contributed by atoms with E-state index in [2.05, 4.69) is 53.6 Å². The Morgan fingerprint density at radius 1 is 1.20 bits per heavy atom. The van der Waals surface area contributed by atoms with Crippen LogP contribution in [0.5, 0.6) is 0 Å². The van der Waals surface area contributed by atoms with Gasteiger partial charge in [0, 0.05) is 18.2 Å². The molecule has 1 aromatic carbocycles. The number of fused-ring (bicyclic) bond motifs is 1. The Hall–Kier alpha value is -1.67. The van der Waals surface area contributed by atoms with Crippen molar-refractivity contribution in [3.8, 4) is 0 Å². The van der Waals surface area contributed by atoms with Crippen molar-refractivity contribution in [2.75, 3.05) is 7.05 Å². The van der Waals surface area contributed by atoms with Gasteiger partial charge in [0.1, 0.15) is 0 Å². The lowest BCUT2D eigenvalue weighted by molar-refractivity contribution is 0.597. The van der Waals surface area contributed by atoms with Crippen LogP contribution in [-0.2, 0) is 6.42 Å². The van der Waals surface area contributed by atoms with Crippen molar-refractivity contribution in [1.29, 1.82) is 0 Å². The van der Waals surface area contributed by atoms with Crippen molar-refractivity contribution in [2.24, 2.45) is 0 Å². The highest BCUT2D eigenvalue weighted by Crippen LogP contribution is 2.35. The van der Waals surface area contributed by atoms with Gasteiger partial charge in [0.15, 0.2) is 0 Å². The normalized spacial score (nSPS) is 19.4. The lowest BCUT2D eigenvalue weighted by atomic mass is 9.82. The number of rotatable bonds is 3. The Balaban J connectivity index is 1.91. The molecule has 0 bridgehead atoms. The smallest absolute Gasteiger partial charge is 0.0510 e. The van der Waals surface area contributed by atoms with Gasteiger partial charge in [0.25, 0.3) is 0 Å². The summed E-state index contributed by atoms with van der Waals surface area (Å²) in [5.74, 6) is 0.471. The monoisotopic (exact) mass is 266 g/mol. The highest BCUT2D eigenvalue weighted by molar-refractivity contribution is 5.37. The molecule has 1 aromatic heterocycles. The summed E-state index contributed by atoms with van der Waals surface area (Å²) in [5, 5.41) is 3.28. The van der Waals surface area contributed by atoms with Crippen molar-refractivity contribution >= 4 is 0 Å². The molecule has 0 saturated carbocycles. The quantitative estimate of drug-likeness (QED) is 0.913. The first-order chi connectivity index (χ1) is 9.79. The lowest BCUT2D eigenvalue weighted by Crippen LogP contribution is -2.14. The Morgan fingerprint density at radius 2 is 2.00 bits per heavy atom. The van der Waals surface area contributed by atoms with Gasteiger partial charge in [-0.05, 0) is 56.0 Å². The van der Waals surface area contributed by atoms with Gasteiger partial charge in [0.05, 0.1) is 5.69 Å². The largest absolute Gasteiger partial charge is 0.313 e. The molecule has 2 nitrogen and oxygen atoms in total. The first-order valence-corrected chi connectivity index (χ1v) is 7.50. The second kappa shape index (κ2) is 5.76. The zero-order valence-corrected chi connectivity index (χ0v) is 12.3.